The van der Waals surface area contributed by atoms with Crippen molar-refractivity contribution in [2.75, 3.05) is 25.5 Å². The predicted molar refractivity (Wildman–Crippen MR) is 153 cm³/mol. The first kappa shape index (κ1) is 24.6. The molecule has 6 rings (SSSR count). The fraction of sp³-hybridized carbons (Fsp3) is 0.188. The monoisotopic (exact) mass is 515 g/mol. The average Bonchev–Trinajstić information content (AvgIpc) is 2.99. The Morgan fingerprint density at radius 3 is 2.51 bits per heavy atom. The SMILES string of the molecule is CN(C)c1nc(-c2cnc3ccccc3c2)nc2c1CCN(C(=O)c1ccc(COc3ccccc3)cc1)C2. The number of carbonyl (C=O) groups excluding carboxylic acids is 1. The summed E-state index contributed by atoms with van der Waals surface area (Å²) in [6.45, 7) is 1.50. The van der Waals surface area contributed by atoms with E-state index in [9.17, 15) is 4.79 Å². The number of rotatable bonds is 6. The second kappa shape index (κ2) is 10.5. The van der Waals surface area contributed by atoms with Gasteiger partial charge in [0, 0.05) is 48.9 Å². The van der Waals surface area contributed by atoms with Gasteiger partial charge < -0.3 is 14.5 Å². The normalized spacial score (nSPS) is 12.7. The highest BCUT2D eigenvalue weighted by atomic mass is 16.5. The molecule has 3 heterocycles. The van der Waals surface area contributed by atoms with E-state index in [1.807, 2.05) is 109 Å². The van der Waals surface area contributed by atoms with Crippen molar-refractivity contribution in [3.8, 4) is 17.1 Å². The van der Waals surface area contributed by atoms with Gasteiger partial charge in [-0.25, -0.2) is 9.97 Å². The quantitative estimate of drug-likeness (QED) is 0.296. The molecule has 0 spiro atoms. The minimum absolute atomic E-state index is 0.00452. The summed E-state index contributed by atoms with van der Waals surface area (Å²) in [5.74, 6) is 2.32. The van der Waals surface area contributed by atoms with Crippen molar-refractivity contribution >= 4 is 22.6 Å². The van der Waals surface area contributed by atoms with Gasteiger partial charge in [0.2, 0.25) is 0 Å². The number of fused-ring (bicyclic) bond motifs is 2. The van der Waals surface area contributed by atoms with Crippen molar-refractivity contribution < 1.29 is 9.53 Å². The van der Waals surface area contributed by atoms with Gasteiger partial charge in [-0.3, -0.25) is 9.78 Å². The van der Waals surface area contributed by atoms with E-state index in [-0.39, 0.29) is 5.91 Å². The second-order valence-electron chi connectivity index (χ2n) is 9.88. The molecular weight excluding hydrogens is 486 g/mol. The summed E-state index contributed by atoms with van der Waals surface area (Å²) in [4.78, 5) is 31.8. The van der Waals surface area contributed by atoms with Gasteiger partial charge in [0.05, 0.1) is 17.8 Å². The van der Waals surface area contributed by atoms with Crippen LogP contribution in [0.15, 0.2) is 91.1 Å². The third-order valence-electron chi connectivity index (χ3n) is 6.95. The molecule has 2 aromatic heterocycles. The molecule has 0 unspecified atom stereocenters. The van der Waals surface area contributed by atoms with Crippen LogP contribution in [0.3, 0.4) is 0 Å². The van der Waals surface area contributed by atoms with Gasteiger partial charge in [0.15, 0.2) is 5.82 Å². The van der Waals surface area contributed by atoms with E-state index < -0.39 is 0 Å². The summed E-state index contributed by atoms with van der Waals surface area (Å²) in [5.41, 5.74) is 5.43. The van der Waals surface area contributed by atoms with Gasteiger partial charge in [-0.2, -0.15) is 0 Å². The van der Waals surface area contributed by atoms with E-state index in [2.05, 4.69) is 11.1 Å². The molecule has 3 aromatic carbocycles. The Hall–Kier alpha value is -4.78. The Morgan fingerprint density at radius 1 is 0.949 bits per heavy atom. The minimum Gasteiger partial charge on any atom is -0.489 e. The molecule has 194 valence electrons. The number of pyridine rings is 1. The largest absolute Gasteiger partial charge is 0.489 e. The lowest BCUT2D eigenvalue weighted by atomic mass is 10.0. The van der Waals surface area contributed by atoms with Crippen LogP contribution in [0.2, 0.25) is 0 Å². The van der Waals surface area contributed by atoms with Crippen LogP contribution < -0.4 is 9.64 Å². The van der Waals surface area contributed by atoms with Crippen LogP contribution in [0.25, 0.3) is 22.3 Å². The zero-order chi connectivity index (χ0) is 26.8. The van der Waals surface area contributed by atoms with Gasteiger partial charge >= 0.3 is 0 Å². The fourth-order valence-electron chi connectivity index (χ4n) is 4.89. The molecule has 5 aromatic rings. The maximum atomic E-state index is 13.5. The predicted octanol–water partition coefficient (Wildman–Crippen LogP) is 5.54. The topological polar surface area (TPSA) is 71.5 Å². The molecule has 0 aliphatic carbocycles. The zero-order valence-corrected chi connectivity index (χ0v) is 22.0. The molecule has 1 aliphatic rings. The second-order valence-corrected chi connectivity index (χ2v) is 9.88. The Bertz CT molecular complexity index is 1630. The van der Waals surface area contributed by atoms with Crippen LogP contribution >= 0.6 is 0 Å². The molecule has 7 heteroatoms. The molecule has 0 saturated carbocycles. The van der Waals surface area contributed by atoms with Gasteiger partial charge in [0.25, 0.3) is 5.91 Å². The molecule has 1 amide bonds. The Kier molecular flexibility index (Phi) is 6.63. The highest BCUT2D eigenvalue weighted by molar-refractivity contribution is 5.94. The number of nitrogens with zero attached hydrogens (tertiary/aromatic N) is 5. The molecular formula is C32H29N5O2. The van der Waals surface area contributed by atoms with Gasteiger partial charge in [-0.15, -0.1) is 0 Å². The molecule has 0 fully saturated rings. The maximum Gasteiger partial charge on any atom is 0.254 e. The van der Waals surface area contributed by atoms with E-state index in [1.54, 1.807) is 0 Å². The Labute approximate surface area is 227 Å². The zero-order valence-electron chi connectivity index (χ0n) is 22.0. The summed E-state index contributed by atoms with van der Waals surface area (Å²) in [5, 5.41) is 1.04. The van der Waals surface area contributed by atoms with E-state index in [4.69, 9.17) is 14.7 Å². The highest BCUT2D eigenvalue weighted by Gasteiger charge is 2.27. The number of amides is 1. The molecule has 1 aliphatic heterocycles. The summed E-state index contributed by atoms with van der Waals surface area (Å²) in [6.07, 6.45) is 2.52. The van der Waals surface area contributed by atoms with Gasteiger partial charge in [0.1, 0.15) is 18.2 Å². The minimum atomic E-state index is -0.00452. The molecule has 0 saturated heterocycles. The molecule has 0 N–H and O–H groups in total. The molecule has 7 nitrogen and oxygen atoms in total. The van der Waals surface area contributed by atoms with Crippen LogP contribution in [0.4, 0.5) is 5.82 Å². The first-order chi connectivity index (χ1) is 19.0. The smallest absolute Gasteiger partial charge is 0.254 e. The third-order valence-corrected chi connectivity index (χ3v) is 6.95. The van der Waals surface area contributed by atoms with Crippen molar-refractivity contribution in [1.82, 2.24) is 19.9 Å². The Morgan fingerprint density at radius 2 is 1.72 bits per heavy atom. The number of hydrogen-bond acceptors (Lipinski definition) is 6. The van der Waals surface area contributed by atoms with Crippen LogP contribution in [0, 0.1) is 0 Å². The van der Waals surface area contributed by atoms with Crippen LogP contribution in [-0.2, 0) is 19.6 Å². The lowest BCUT2D eigenvalue weighted by Crippen LogP contribution is -2.37. The highest BCUT2D eigenvalue weighted by Crippen LogP contribution is 2.30. The molecule has 39 heavy (non-hydrogen) atoms. The van der Waals surface area contributed by atoms with Crippen LogP contribution in [0.1, 0.15) is 27.2 Å². The fourth-order valence-corrected chi connectivity index (χ4v) is 4.89. The van der Waals surface area contributed by atoms with E-state index in [1.165, 1.54) is 0 Å². The number of anilines is 1. The average molecular weight is 516 g/mol. The van der Waals surface area contributed by atoms with Crippen LogP contribution in [-0.4, -0.2) is 46.4 Å². The number of para-hydroxylation sites is 2. The third kappa shape index (κ3) is 5.16. The van der Waals surface area contributed by atoms with E-state index in [0.717, 1.165) is 44.9 Å². The number of benzene rings is 3. The first-order valence-corrected chi connectivity index (χ1v) is 13.0. The number of ether oxygens (including phenoxy) is 1. The standard InChI is InChI=1S/C32H29N5O2/c1-36(2)31-27-16-17-37(32(38)23-14-12-22(13-15-23)21-39-26-9-4-3-5-10-26)20-29(27)34-30(35-31)25-18-24-8-6-7-11-28(24)33-19-25/h3-15,18-19H,16-17,20-21H2,1-2H3. The summed E-state index contributed by atoms with van der Waals surface area (Å²) >= 11 is 0. The molecule has 0 radical (unpaired) electrons. The van der Waals surface area contributed by atoms with Crippen molar-refractivity contribution in [3.63, 3.8) is 0 Å². The van der Waals surface area contributed by atoms with Crippen LogP contribution in [0.5, 0.6) is 5.75 Å². The van der Waals surface area contributed by atoms with Crippen molar-refractivity contribution in [2.45, 2.75) is 19.6 Å². The summed E-state index contributed by atoms with van der Waals surface area (Å²) in [6, 6.07) is 27.4. The number of aromatic nitrogens is 3. The number of hydrogen-bond donors (Lipinski definition) is 0. The van der Waals surface area contributed by atoms with Crippen molar-refractivity contribution in [3.05, 3.63) is 114 Å². The van der Waals surface area contributed by atoms with Gasteiger partial charge in [-0.1, -0.05) is 48.5 Å². The van der Waals surface area contributed by atoms with Gasteiger partial charge in [-0.05, 0) is 48.4 Å². The Balaban J connectivity index is 1.23. The molecule has 0 atom stereocenters. The van der Waals surface area contributed by atoms with E-state index >= 15 is 0 Å². The lowest BCUT2D eigenvalue weighted by Gasteiger charge is -2.30. The summed E-state index contributed by atoms with van der Waals surface area (Å²) < 4.78 is 5.83. The van der Waals surface area contributed by atoms with Crippen molar-refractivity contribution in [1.29, 1.82) is 0 Å². The first-order valence-electron chi connectivity index (χ1n) is 13.0. The lowest BCUT2D eigenvalue weighted by molar-refractivity contribution is 0.0732. The molecule has 0 bridgehead atoms. The maximum absolute atomic E-state index is 13.5. The van der Waals surface area contributed by atoms with Crippen molar-refractivity contribution in [2.24, 2.45) is 0 Å². The van der Waals surface area contributed by atoms with E-state index in [0.29, 0.717) is 37.5 Å². The number of carbonyl (C=O) groups is 1. The summed E-state index contributed by atoms with van der Waals surface area (Å²) in [7, 11) is 3.98.